The zero-order valence-corrected chi connectivity index (χ0v) is 24.3. The number of aryl methyl sites for hydroxylation is 2. The quantitative estimate of drug-likeness (QED) is 0.206. The van der Waals surface area contributed by atoms with E-state index >= 15 is 0 Å². The second kappa shape index (κ2) is 10.7. The third-order valence-electron chi connectivity index (χ3n) is 7.39. The summed E-state index contributed by atoms with van der Waals surface area (Å²) in [6.07, 6.45) is 1.92. The molecule has 1 aromatic heterocycles. The van der Waals surface area contributed by atoms with Crippen molar-refractivity contribution in [2.24, 2.45) is 4.99 Å². The smallest absolute Gasteiger partial charge is 0.229 e. The first-order valence-corrected chi connectivity index (χ1v) is 14.1. The summed E-state index contributed by atoms with van der Waals surface area (Å²) in [4.78, 5) is 9.87. The van der Waals surface area contributed by atoms with E-state index in [2.05, 4.69) is 107 Å². The number of hydrogen-bond acceptors (Lipinski definition) is 3. The molecule has 0 aliphatic carbocycles. The molecular weight excluding hydrogens is 500 g/mol. The molecule has 202 valence electrons. The van der Waals surface area contributed by atoms with Gasteiger partial charge in [0.05, 0.1) is 11.3 Å². The van der Waals surface area contributed by atoms with Crippen LogP contribution in [-0.4, -0.2) is 11.2 Å². The highest BCUT2D eigenvalue weighted by Crippen LogP contribution is 2.36. The van der Waals surface area contributed by atoms with E-state index in [4.69, 9.17) is 14.4 Å². The van der Waals surface area contributed by atoms with Gasteiger partial charge in [0, 0.05) is 11.8 Å². The van der Waals surface area contributed by atoms with E-state index < -0.39 is 0 Å². The van der Waals surface area contributed by atoms with Crippen LogP contribution in [0.5, 0.6) is 0 Å². The van der Waals surface area contributed by atoms with Gasteiger partial charge in [-0.2, -0.15) is 0 Å². The monoisotopic (exact) mass is 534 g/mol. The Morgan fingerprint density at radius 1 is 0.659 bits per heavy atom. The van der Waals surface area contributed by atoms with Gasteiger partial charge in [0.25, 0.3) is 0 Å². The van der Waals surface area contributed by atoms with Crippen molar-refractivity contribution in [3.8, 4) is 33.7 Å². The summed E-state index contributed by atoms with van der Waals surface area (Å²) in [6, 6.07) is 38.0. The molecule has 0 N–H and O–H groups in total. The van der Waals surface area contributed by atoms with Crippen LogP contribution in [0.4, 0.5) is 5.69 Å². The van der Waals surface area contributed by atoms with Crippen molar-refractivity contribution in [1.29, 1.82) is 0 Å². The predicted octanol–water partition coefficient (Wildman–Crippen LogP) is 10.5. The second-order valence-corrected chi connectivity index (χ2v) is 11.8. The van der Waals surface area contributed by atoms with Gasteiger partial charge < -0.3 is 4.42 Å². The first-order valence-electron chi connectivity index (χ1n) is 14.1. The number of hydrogen-bond donors (Lipinski definition) is 0. The van der Waals surface area contributed by atoms with Gasteiger partial charge in [0.15, 0.2) is 5.58 Å². The molecule has 5 aromatic carbocycles. The lowest BCUT2D eigenvalue weighted by Crippen LogP contribution is -2.11. The summed E-state index contributed by atoms with van der Waals surface area (Å²) < 4.78 is 6.33. The summed E-state index contributed by atoms with van der Waals surface area (Å²) in [5, 5.41) is 0. The number of aromatic nitrogens is 1. The summed E-state index contributed by atoms with van der Waals surface area (Å²) >= 11 is 0. The molecule has 0 saturated heterocycles. The summed E-state index contributed by atoms with van der Waals surface area (Å²) in [5.74, 6) is 0.564. The maximum atomic E-state index is 6.33. The molecule has 0 unspecified atom stereocenters. The molecule has 0 aliphatic rings. The van der Waals surface area contributed by atoms with Gasteiger partial charge in [-0.25, -0.2) is 4.98 Å². The van der Waals surface area contributed by atoms with Gasteiger partial charge in [-0.15, -0.1) is 0 Å². The molecular formula is C38H34N2O. The highest BCUT2D eigenvalue weighted by Gasteiger charge is 2.16. The average Bonchev–Trinajstić information content (AvgIpc) is 3.40. The van der Waals surface area contributed by atoms with Crippen molar-refractivity contribution < 1.29 is 4.42 Å². The molecule has 0 saturated carbocycles. The number of para-hydroxylation sites is 2. The Morgan fingerprint density at radius 3 is 2.17 bits per heavy atom. The standard InChI is InChI=1S/C38H34N2O/c1-25-19-26(2)21-30(20-25)28-12-9-13-29(23-28)32-16-10-18-35-36(32)40-37(41-35)33-15-6-7-17-34(33)39-24-27-11-8-14-31(22-27)38(3,4)5/h6-24H,1-5H3. The normalized spacial score (nSPS) is 11.9. The van der Waals surface area contributed by atoms with Crippen molar-refractivity contribution in [1.82, 2.24) is 4.98 Å². The molecule has 3 heteroatoms. The fourth-order valence-corrected chi connectivity index (χ4v) is 5.30. The van der Waals surface area contributed by atoms with Gasteiger partial charge in [-0.1, -0.05) is 111 Å². The maximum Gasteiger partial charge on any atom is 0.229 e. The van der Waals surface area contributed by atoms with Crippen molar-refractivity contribution in [2.45, 2.75) is 40.0 Å². The third-order valence-corrected chi connectivity index (χ3v) is 7.39. The maximum absolute atomic E-state index is 6.33. The molecule has 0 bridgehead atoms. The molecule has 0 spiro atoms. The number of oxazole rings is 1. The first-order chi connectivity index (χ1) is 19.7. The number of benzene rings is 5. The van der Waals surface area contributed by atoms with E-state index in [1.807, 2.05) is 42.6 Å². The fraction of sp³-hybridized carbons (Fsp3) is 0.158. The summed E-state index contributed by atoms with van der Waals surface area (Å²) in [7, 11) is 0. The van der Waals surface area contributed by atoms with E-state index in [9.17, 15) is 0 Å². The van der Waals surface area contributed by atoms with Crippen LogP contribution in [0.15, 0.2) is 119 Å². The Labute approximate surface area is 242 Å². The van der Waals surface area contributed by atoms with Crippen molar-refractivity contribution in [3.63, 3.8) is 0 Å². The lowest BCUT2D eigenvalue weighted by molar-refractivity contribution is 0.590. The van der Waals surface area contributed by atoms with Crippen LogP contribution in [0.1, 0.15) is 43.0 Å². The van der Waals surface area contributed by atoms with Crippen molar-refractivity contribution in [2.75, 3.05) is 0 Å². The molecule has 6 rings (SSSR count). The zero-order valence-electron chi connectivity index (χ0n) is 24.3. The SMILES string of the molecule is Cc1cc(C)cc(-c2cccc(-c3cccc4oc(-c5ccccc5N=Cc5cccc(C(C)(C)C)c5)nc34)c2)c1. The van der Waals surface area contributed by atoms with Crippen molar-refractivity contribution in [3.05, 3.63) is 131 Å². The number of fused-ring (bicyclic) bond motifs is 1. The van der Waals surface area contributed by atoms with Crippen LogP contribution in [0.2, 0.25) is 0 Å². The van der Waals surface area contributed by atoms with E-state index in [0.29, 0.717) is 5.89 Å². The van der Waals surface area contributed by atoms with E-state index in [1.165, 1.54) is 27.8 Å². The number of rotatable bonds is 5. The Morgan fingerprint density at radius 2 is 1.37 bits per heavy atom. The highest BCUT2D eigenvalue weighted by molar-refractivity contribution is 5.94. The Kier molecular flexibility index (Phi) is 6.88. The summed E-state index contributed by atoms with van der Waals surface area (Å²) in [5.41, 5.74) is 12.8. The van der Waals surface area contributed by atoms with Gasteiger partial charge in [-0.05, 0) is 77.4 Å². The molecule has 0 radical (unpaired) electrons. The Hall–Kier alpha value is -4.76. The number of aliphatic imine (C=N–C) groups is 1. The van der Waals surface area contributed by atoms with E-state index in [0.717, 1.165) is 39.0 Å². The molecule has 41 heavy (non-hydrogen) atoms. The largest absolute Gasteiger partial charge is 0.436 e. The molecule has 1 heterocycles. The van der Waals surface area contributed by atoms with Gasteiger partial charge in [0.2, 0.25) is 5.89 Å². The van der Waals surface area contributed by atoms with Crippen LogP contribution in [0, 0.1) is 13.8 Å². The van der Waals surface area contributed by atoms with Crippen LogP contribution < -0.4 is 0 Å². The van der Waals surface area contributed by atoms with E-state index in [1.54, 1.807) is 0 Å². The molecule has 3 nitrogen and oxygen atoms in total. The van der Waals surface area contributed by atoms with Gasteiger partial charge in [0.1, 0.15) is 5.52 Å². The van der Waals surface area contributed by atoms with Crippen LogP contribution >= 0.6 is 0 Å². The Bertz CT molecular complexity index is 1880. The molecule has 0 fully saturated rings. The zero-order chi connectivity index (χ0) is 28.6. The molecule has 6 aromatic rings. The fourth-order valence-electron chi connectivity index (χ4n) is 5.30. The van der Waals surface area contributed by atoms with Crippen LogP contribution in [-0.2, 0) is 5.41 Å². The summed E-state index contributed by atoms with van der Waals surface area (Å²) in [6.45, 7) is 10.9. The lowest BCUT2D eigenvalue weighted by Gasteiger charge is -2.19. The first kappa shape index (κ1) is 26.5. The van der Waals surface area contributed by atoms with Gasteiger partial charge >= 0.3 is 0 Å². The molecule has 0 amide bonds. The Balaban J connectivity index is 1.38. The molecule has 0 aliphatic heterocycles. The van der Waals surface area contributed by atoms with Crippen molar-refractivity contribution >= 4 is 23.0 Å². The topological polar surface area (TPSA) is 38.4 Å². The minimum atomic E-state index is 0.0795. The average molecular weight is 535 g/mol. The van der Waals surface area contributed by atoms with E-state index in [-0.39, 0.29) is 5.41 Å². The van der Waals surface area contributed by atoms with Gasteiger partial charge in [-0.3, -0.25) is 4.99 Å². The highest BCUT2D eigenvalue weighted by atomic mass is 16.3. The molecule has 0 atom stereocenters. The minimum absolute atomic E-state index is 0.0795. The predicted molar refractivity (Wildman–Crippen MR) is 172 cm³/mol. The van der Waals surface area contributed by atoms with Crippen LogP contribution in [0.3, 0.4) is 0 Å². The third kappa shape index (κ3) is 5.62. The minimum Gasteiger partial charge on any atom is -0.436 e. The lowest BCUT2D eigenvalue weighted by atomic mass is 9.86. The van der Waals surface area contributed by atoms with Crippen LogP contribution in [0.25, 0.3) is 44.8 Å². The number of nitrogens with zero attached hydrogens (tertiary/aromatic N) is 2. The second-order valence-electron chi connectivity index (χ2n) is 11.8.